The highest BCUT2D eigenvalue weighted by molar-refractivity contribution is 6.30. The molecule has 27 heavy (non-hydrogen) atoms. The molecule has 6 heteroatoms. The summed E-state index contributed by atoms with van der Waals surface area (Å²) in [5.41, 5.74) is 1.88. The first-order valence-corrected chi connectivity index (χ1v) is 9.46. The van der Waals surface area contributed by atoms with Crippen LogP contribution in [-0.4, -0.2) is 34.0 Å². The van der Waals surface area contributed by atoms with Gasteiger partial charge in [0.05, 0.1) is 11.8 Å². The van der Waals surface area contributed by atoms with Gasteiger partial charge in [0.25, 0.3) is 0 Å². The predicted molar refractivity (Wildman–Crippen MR) is 104 cm³/mol. The van der Waals surface area contributed by atoms with Gasteiger partial charge >= 0.3 is 0 Å². The standard InChI is InChI=1S/C21H20ClN3O2/c1-2-18(14-7-4-3-5-8-14)21(26)25-12-16(13-25)20-23-19(24-27-20)15-9-6-10-17(22)11-15/h3-11,16,18H,2,12-13H2,1H3. The zero-order chi connectivity index (χ0) is 18.8. The van der Waals surface area contributed by atoms with E-state index in [1.807, 2.05) is 54.3 Å². The van der Waals surface area contributed by atoms with Crippen molar-refractivity contribution in [3.8, 4) is 11.4 Å². The van der Waals surface area contributed by atoms with Crippen LogP contribution in [0.2, 0.25) is 5.02 Å². The topological polar surface area (TPSA) is 59.2 Å². The second kappa shape index (κ2) is 7.53. The molecule has 1 saturated heterocycles. The van der Waals surface area contributed by atoms with Crippen molar-refractivity contribution in [3.63, 3.8) is 0 Å². The van der Waals surface area contributed by atoms with E-state index in [1.165, 1.54) is 0 Å². The SMILES string of the molecule is CCC(C(=O)N1CC(c2nc(-c3cccc(Cl)c3)no2)C1)c1ccccc1. The second-order valence-electron chi connectivity index (χ2n) is 6.78. The van der Waals surface area contributed by atoms with Crippen LogP contribution in [0, 0.1) is 0 Å². The van der Waals surface area contributed by atoms with E-state index in [-0.39, 0.29) is 17.7 Å². The number of carbonyl (C=O) groups is 1. The normalized spacial score (nSPS) is 15.4. The van der Waals surface area contributed by atoms with Gasteiger partial charge in [0.2, 0.25) is 17.6 Å². The second-order valence-corrected chi connectivity index (χ2v) is 7.21. The van der Waals surface area contributed by atoms with Crippen LogP contribution in [0.3, 0.4) is 0 Å². The molecule has 2 aromatic carbocycles. The highest BCUT2D eigenvalue weighted by atomic mass is 35.5. The maximum absolute atomic E-state index is 12.8. The molecule has 1 atom stereocenters. The molecule has 0 aliphatic carbocycles. The third-order valence-corrected chi connectivity index (χ3v) is 5.21. The molecule has 2 heterocycles. The molecule has 0 saturated carbocycles. The summed E-state index contributed by atoms with van der Waals surface area (Å²) in [6.45, 7) is 3.26. The van der Waals surface area contributed by atoms with Gasteiger partial charge < -0.3 is 9.42 Å². The number of likely N-dealkylation sites (tertiary alicyclic amines) is 1. The molecule has 5 nitrogen and oxygen atoms in total. The summed E-state index contributed by atoms with van der Waals surface area (Å²) in [6, 6.07) is 17.3. The summed E-state index contributed by atoms with van der Waals surface area (Å²) >= 11 is 6.02. The smallest absolute Gasteiger partial charge is 0.233 e. The monoisotopic (exact) mass is 381 g/mol. The van der Waals surface area contributed by atoms with Gasteiger partial charge in [-0.25, -0.2) is 0 Å². The van der Waals surface area contributed by atoms with Gasteiger partial charge in [0, 0.05) is 23.7 Å². The first kappa shape index (κ1) is 17.7. The fourth-order valence-corrected chi connectivity index (χ4v) is 3.61. The molecule has 1 fully saturated rings. The van der Waals surface area contributed by atoms with Crippen molar-refractivity contribution in [3.05, 3.63) is 71.1 Å². The molecule has 0 bridgehead atoms. The molecule has 4 rings (SSSR count). The van der Waals surface area contributed by atoms with Crippen LogP contribution in [0.4, 0.5) is 0 Å². The Balaban J connectivity index is 1.41. The highest BCUT2D eigenvalue weighted by Gasteiger charge is 2.38. The maximum Gasteiger partial charge on any atom is 0.233 e. The molecular formula is C21H20ClN3O2. The zero-order valence-electron chi connectivity index (χ0n) is 15.0. The summed E-state index contributed by atoms with van der Waals surface area (Å²) in [5, 5.41) is 4.68. The summed E-state index contributed by atoms with van der Waals surface area (Å²) in [7, 11) is 0. The van der Waals surface area contributed by atoms with Gasteiger partial charge in [-0.1, -0.05) is 66.1 Å². The van der Waals surface area contributed by atoms with Crippen molar-refractivity contribution in [2.75, 3.05) is 13.1 Å². The van der Waals surface area contributed by atoms with Gasteiger partial charge in [-0.3, -0.25) is 4.79 Å². The minimum Gasteiger partial charge on any atom is -0.340 e. The summed E-state index contributed by atoms with van der Waals surface area (Å²) in [6.07, 6.45) is 0.781. The average molecular weight is 382 g/mol. The molecular weight excluding hydrogens is 362 g/mol. The van der Waals surface area contributed by atoms with E-state index < -0.39 is 0 Å². The zero-order valence-corrected chi connectivity index (χ0v) is 15.8. The lowest BCUT2D eigenvalue weighted by Crippen LogP contribution is -2.50. The number of amides is 1. The Morgan fingerprint density at radius 2 is 2.00 bits per heavy atom. The van der Waals surface area contributed by atoms with Crippen LogP contribution >= 0.6 is 11.6 Å². The van der Waals surface area contributed by atoms with Crippen molar-refractivity contribution in [1.82, 2.24) is 15.0 Å². The van der Waals surface area contributed by atoms with Crippen LogP contribution in [-0.2, 0) is 4.79 Å². The number of aromatic nitrogens is 2. The molecule has 0 spiro atoms. The van der Waals surface area contributed by atoms with Gasteiger partial charge in [-0.15, -0.1) is 0 Å². The third kappa shape index (κ3) is 3.60. The van der Waals surface area contributed by atoms with Crippen molar-refractivity contribution < 1.29 is 9.32 Å². The van der Waals surface area contributed by atoms with Gasteiger partial charge in [-0.05, 0) is 24.1 Å². The number of rotatable bonds is 5. The van der Waals surface area contributed by atoms with E-state index in [0.717, 1.165) is 17.5 Å². The van der Waals surface area contributed by atoms with Gasteiger partial charge in [0.1, 0.15) is 0 Å². The molecule has 1 amide bonds. The van der Waals surface area contributed by atoms with E-state index in [0.29, 0.717) is 29.8 Å². The van der Waals surface area contributed by atoms with Gasteiger partial charge in [0.15, 0.2) is 0 Å². The van der Waals surface area contributed by atoms with Crippen molar-refractivity contribution in [2.24, 2.45) is 0 Å². The Morgan fingerprint density at radius 3 is 2.70 bits per heavy atom. The molecule has 3 aromatic rings. The molecule has 1 unspecified atom stereocenters. The van der Waals surface area contributed by atoms with Crippen molar-refractivity contribution in [1.29, 1.82) is 0 Å². The molecule has 0 N–H and O–H groups in total. The lowest BCUT2D eigenvalue weighted by Gasteiger charge is -2.39. The van der Waals surface area contributed by atoms with Crippen LogP contribution in [0.15, 0.2) is 59.1 Å². The van der Waals surface area contributed by atoms with Crippen LogP contribution < -0.4 is 0 Å². The largest absolute Gasteiger partial charge is 0.340 e. The van der Waals surface area contributed by atoms with E-state index >= 15 is 0 Å². The number of nitrogens with zero attached hydrogens (tertiary/aromatic N) is 3. The Kier molecular flexibility index (Phi) is 4.94. The number of benzene rings is 2. The summed E-state index contributed by atoms with van der Waals surface area (Å²) < 4.78 is 5.42. The van der Waals surface area contributed by atoms with Crippen LogP contribution in [0.5, 0.6) is 0 Å². The maximum atomic E-state index is 12.8. The van der Waals surface area contributed by atoms with Crippen LogP contribution in [0.1, 0.15) is 36.6 Å². The molecule has 0 radical (unpaired) electrons. The highest BCUT2D eigenvalue weighted by Crippen LogP contribution is 2.32. The van der Waals surface area contributed by atoms with E-state index in [9.17, 15) is 4.79 Å². The quantitative estimate of drug-likeness (QED) is 0.652. The lowest BCUT2D eigenvalue weighted by atomic mass is 9.91. The molecule has 1 aliphatic rings. The molecule has 138 valence electrons. The summed E-state index contributed by atoms with van der Waals surface area (Å²) in [4.78, 5) is 19.2. The fourth-order valence-electron chi connectivity index (χ4n) is 3.42. The van der Waals surface area contributed by atoms with E-state index in [4.69, 9.17) is 16.1 Å². The number of halogens is 1. The number of hydrogen-bond acceptors (Lipinski definition) is 4. The minimum atomic E-state index is -0.100. The molecule has 1 aliphatic heterocycles. The Hall–Kier alpha value is -2.66. The first-order chi connectivity index (χ1) is 13.2. The molecule has 1 aromatic heterocycles. The van der Waals surface area contributed by atoms with E-state index in [1.54, 1.807) is 12.1 Å². The van der Waals surface area contributed by atoms with Gasteiger partial charge in [-0.2, -0.15) is 4.98 Å². The lowest BCUT2D eigenvalue weighted by molar-refractivity contribution is -0.137. The van der Waals surface area contributed by atoms with Crippen molar-refractivity contribution >= 4 is 17.5 Å². The summed E-state index contributed by atoms with van der Waals surface area (Å²) in [5.74, 6) is 1.24. The first-order valence-electron chi connectivity index (χ1n) is 9.09. The fraction of sp³-hybridized carbons (Fsp3) is 0.286. The van der Waals surface area contributed by atoms with Crippen LogP contribution in [0.25, 0.3) is 11.4 Å². The minimum absolute atomic E-state index is 0.0858. The number of hydrogen-bond donors (Lipinski definition) is 0. The Bertz CT molecular complexity index is 935. The van der Waals surface area contributed by atoms with E-state index in [2.05, 4.69) is 10.1 Å². The number of carbonyl (C=O) groups excluding carboxylic acids is 1. The Labute approximate surface area is 163 Å². The predicted octanol–water partition coefficient (Wildman–Crippen LogP) is 4.51. The average Bonchev–Trinajstić information content (AvgIpc) is 3.12. The third-order valence-electron chi connectivity index (χ3n) is 4.98. The Morgan fingerprint density at radius 1 is 1.22 bits per heavy atom. The van der Waals surface area contributed by atoms with Crippen molar-refractivity contribution in [2.45, 2.75) is 25.2 Å².